The summed E-state index contributed by atoms with van der Waals surface area (Å²) in [6, 6.07) is 0.813. The van der Waals surface area contributed by atoms with Crippen LogP contribution in [0.3, 0.4) is 0 Å². The van der Waals surface area contributed by atoms with Gasteiger partial charge in [-0.2, -0.15) is 0 Å². The minimum atomic E-state index is -2.96. The van der Waals surface area contributed by atoms with Crippen molar-refractivity contribution >= 4 is 11.7 Å². The highest BCUT2D eigenvalue weighted by molar-refractivity contribution is 5.95. The van der Waals surface area contributed by atoms with E-state index in [0.717, 1.165) is 13.2 Å². The number of rotatable bonds is 2. The molecule has 0 saturated carbocycles. The summed E-state index contributed by atoms with van der Waals surface area (Å²) in [7, 11) is 1.06. The lowest BCUT2D eigenvalue weighted by Crippen LogP contribution is -2.17. The van der Waals surface area contributed by atoms with Gasteiger partial charge in [0.2, 0.25) is 5.56 Å². The van der Waals surface area contributed by atoms with Crippen LogP contribution in [-0.2, 0) is 4.74 Å². The Labute approximate surface area is 82.9 Å². The summed E-state index contributed by atoms with van der Waals surface area (Å²) >= 11 is 0. The molecule has 0 spiro atoms. The Morgan fingerprint density at radius 1 is 1.60 bits per heavy atom. The number of nitrogen functional groups attached to an aromatic ring is 1. The van der Waals surface area contributed by atoms with Crippen LogP contribution in [0.15, 0.2) is 10.9 Å². The van der Waals surface area contributed by atoms with E-state index in [9.17, 15) is 18.4 Å². The maximum atomic E-state index is 12.4. The summed E-state index contributed by atoms with van der Waals surface area (Å²) in [4.78, 5) is 23.9. The van der Waals surface area contributed by atoms with Crippen LogP contribution in [-0.4, -0.2) is 18.1 Å². The quantitative estimate of drug-likeness (QED) is 0.715. The fraction of sp³-hybridized carbons (Fsp3) is 0.250. The van der Waals surface area contributed by atoms with Crippen molar-refractivity contribution < 1.29 is 18.3 Å². The number of anilines is 1. The topological polar surface area (TPSA) is 85.2 Å². The van der Waals surface area contributed by atoms with Crippen molar-refractivity contribution in [3.05, 3.63) is 27.7 Å². The van der Waals surface area contributed by atoms with Gasteiger partial charge in [-0.3, -0.25) is 4.79 Å². The van der Waals surface area contributed by atoms with E-state index < -0.39 is 29.3 Å². The second-order valence-corrected chi connectivity index (χ2v) is 2.67. The fourth-order valence-electron chi connectivity index (χ4n) is 1.04. The number of nitrogens with two attached hydrogens (primary N) is 1. The lowest BCUT2D eigenvalue weighted by molar-refractivity contribution is 0.0601. The Bertz CT molecular complexity index is 442. The number of esters is 1. The summed E-state index contributed by atoms with van der Waals surface area (Å²) < 4.78 is 29.0. The Balaban J connectivity index is 3.41. The number of methoxy groups -OCH3 is 1. The normalized spacial score (nSPS) is 10.4. The number of carbonyl (C=O) groups is 1. The summed E-state index contributed by atoms with van der Waals surface area (Å²) in [5.74, 6) is -0.930. The third-order valence-corrected chi connectivity index (χ3v) is 1.74. The van der Waals surface area contributed by atoms with Gasteiger partial charge < -0.3 is 15.5 Å². The number of pyridine rings is 1. The first-order chi connectivity index (χ1) is 6.97. The van der Waals surface area contributed by atoms with E-state index >= 15 is 0 Å². The Morgan fingerprint density at radius 2 is 2.20 bits per heavy atom. The van der Waals surface area contributed by atoms with E-state index in [2.05, 4.69) is 4.74 Å². The van der Waals surface area contributed by atoms with E-state index in [0.29, 0.717) is 0 Å². The fourth-order valence-corrected chi connectivity index (χ4v) is 1.04. The van der Waals surface area contributed by atoms with Gasteiger partial charge in [0.15, 0.2) is 0 Å². The number of alkyl halides is 2. The third-order valence-electron chi connectivity index (χ3n) is 1.74. The zero-order valence-corrected chi connectivity index (χ0v) is 7.71. The average Bonchev–Trinajstić information content (AvgIpc) is 2.19. The molecule has 1 rings (SSSR count). The summed E-state index contributed by atoms with van der Waals surface area (Å²) in [5.41, 5.74) is 2.83. The van der Waals surface area contributed by atoms with Crippen LogP contribution in [0.5, 0.6) is 0 Å². The van der Waals surface area contributed by atoms with E-state index in [-0.39, 0.29) is 5.56 Å². The van der Waals surface area contributed by atoms with Crippen molar-refractivity contribution in [2.75, 3.05) is 12.8 Å². The van der Waals surface area contributed by atoms with Gasteiger partial charge in [-0.15, -0.1) is 0 Å². The van der Waals surface area contributed by atoms with Crippen LogP contribution < -0.4 is 11.3 Å². The highest BCUT2D eigenvalue weighted by atomic mass is 19.3. The first-order valence-electron chi connectivity index (χ1n) is 3.86. The molecule has 7 heteroatoms. The zero-order chi connectivity index (χ0) is 11.6. The lowest BCUT2D eigenvalue weighted by Gasteiger charge is -2.07. The Morgan fingerprint density at radius 3 is 2.67 bits per heavy atom. The number of hydrogen-bond donors (Lipinski definition) is 2. The molecule has 0 amide bonds. The van der Waals surface area contributed by atoms with Gasteiger partial charge in [-0.25, -0.2) is 13.6 Å². The average molecular weight is 218 g/mol. The second kappa shape index (κ2) is 4.07. The SMILES string of the molecule is COC(=O)c1cc(=O)[nH]c(C(F)F)c1N. The summed E-state index contributed by atoms with van der Waals surface area (Å²) in [6.07, 6.45) is -2.96. The third kappa shape index (κ3) is 2.12. The minimum absolute atomic E-state index is 0.364. The number of nitrogens with one attached hydrogen (secondary N) is 1. The molecule has 0 fully saturated rings. The number of halogens is 2. The van der Waals surface area contributed by atoms with E-state index in [1.54, 1.807) is 0 Å². The first-order valence-corrected chi connectivity index (χ1v) is 3.86. The standard InChI is InChI=1S/C8H8F2N2O3/c1-15-8(14)3-2-4(13)12-6(5(3)11)7(9)10/h2,7H,11H2,1H3,(H,12,13). The van der Waals surface area contributed by atoms with Gasteiger partial charge in [0.25, 0.3) is 6.43 Å². The van der Waals surface area contributed by atoms with Crippen molar-refractivity contribution in [2.24, 2.45) is 0 Å². The van der Waals surface area contributed by atoms with Gasteiger partial charge >= 0.3 is 5.97 Å². The van der Waals surface area contributed by atoms with Crippen LogP contribution in [0, 0.1) is 0 Å². The van der Waals surface area contributed by atoms with Gasteiger partial charge in [-0.05, 0) is 0 Å². The molecule has 0 atom stereocenters. The number of aromatic nitrogens is 1. The number of H-pyrrole nitrogens is 1. The van der Waals surface area contributed by atoms with Crippen molar-refractivity contribution in [3.8, 4) is 0 Å². The molecule has 3 N–H and O–H groups in total. The Kier molecular flexibility index (Phi) is 3.03. The zero-order valence-electron chi connectivity index (χ0n) is 7.71. The van der Waals surface area contributed by atoms with Crippen LogP contribution in [0.25, 0.3) is 0 Å². The largest absolute Gasteiger partial charge is 0.465 e. The lowest BCUT2D eigenvalue weighted by atomic mass is 10.2. The molecule has 0 aliphatic carbocycles. The molecule has 15 heavy (non-hydrogen) atoms. The summed E-state index contributed by atoms with van der Waals surface area (Å²) in [5, 5.41) is 0. The molecular formula is C8H8F2N2O3. The highest BCUT2D eigenvalue weighted by Gasteiger charge is 2.20. The molecule has 1 aromatic heterocycles. The molecule has 0 unspecified atom stereocenters. The van der Waals surface area contributed by atoms with Crippen molar-refractivity contribution in [3.63, 3.8) is 0 Å². The van der Waals surface area contributed by atoms with Gasteiger partial charge in [-0.1, -0.05) is 0 Å². The van der Waals surface area contributed by atoms with Crippen molar-refractivity contribution in [1.82, 2.24) is 4.98 Å². The number of aromatic amines is 1. The van der Waals surface area contributed by atoms with Crippen LogP contribution in [0.4, 0.5) is 14.5 Å². The van der Waals surface area contributed by atoms with Crippen molar-refractivity contribution in [1.29, 1.82) is 0 Å². The molecule has 0 saturated heterocycles. The van der Waals surface area contributed by atoms with E-state index in [1.807, 2.05) is 4.98 Å². The van der Waals surface area contributed by atoms with Crippen LogP contribution >= 0.6 is 0 Å². The molecule has 5 nitrogen and oxygen atoms in total. The smallest absolute Gasteiger partial charge is 0.340 e. The first kappa shape index (κ1) is 11.2. The predicted molar refractivity (Wildman–Crippen MR) is 47.8 cm³/mol. The second-order valence-electron chi connectivity index (χ2n) is 2.67. The van der Waals surface area contributed by atoms with Gasteiger partial charge in [0.1, 0.15) is 5.69 Å². The Hall–Kier alpha value is -1.92. The molecule has 1 heterocycles. The van der Waals surface area contributed by atoms with Gasteiger partial charge in [0.05, 0.1) is 18.4 Å². The van der Waals surface area contributed by atoms with E-state index in [4.69, 9.17) is 5.73 Å². The molecule has 0 aliphatic rings. The molecule has 0 aliphatic heterocycles. The maximum absolute atomic E-state index is 12.4. The molecule has 0 bridgehead atoms. The minimum Gasteiger partial charge on any atom is -0.465 e. The van der Waals surface area contributed by atoms with E-state index in [1.165, 1.54) is 0 Å². The highest BCUT2D eigenvalue weighted by Crippen LogP contribution is 2.24. The molecule has 0 radical (unpaired) electrons. The summed E-state index contributed by atoms with van der Waals surface area (Å²) in [6.45, 7) is 0. The number of carbonyl (C=O) groups excluding carboxylic acids is 1. The molecule has 1 aromatic rings. The number of hydrogen-bond acceptors (Lipinski definition) is 4. The molecule has 0 aromatic carbocycles. The monoisotopic (exact) mass is 218 g/mol. The molecule has 82 valence electrons. The van der Waals surface area contributed by atoms with Crippen molar-refractivity contribution in [2.45, 2.75) is 6.43 Å². The predicted octanol–water partition coefficient (Wildman–Crippen LogP) is 0.681. The van der Waals surface area contributed by atoms with Gasteiger partial charge in [0, 0.05) is 6.07 Å². The molecular weight excluding hydrogens is 210 g/mol. The number of ether oxygens (including phenoxy) is 1. The van der Waals surface area contributed by atoms with Crippen LogP contribution in [0.1, 0.15) is 22.5 Å². The maximum Gasteiger partial charge on any atom is 0.340 e. The van der Waals surface area contributed by atoms with Crippen LogP contribution in [0.2, 0.25) is 0 Å².